The second-order valence-electron chi connectivity index (χ2n) is 25.5. The molecule has 0 atom stereocenters. The number of nitriles is 2. The average Bonchev–Trinajstić information content (AvgIpc) is 1.59. The first-order valence-electron chi connectivity index (χ1n) is 33.2. The second-order valence-corrected chi connectivity index (χ2v) is 25.8. The largest absolute Gasteiger partial charge is 0.494 e. The van der Waals surface area contributed by atoms with Gasteiger partial charge in [-0.15, -0.1) is 0 Å². The van der Waals surface area contributed by atoms with Gasteiger partial charge in [0, 0.05) is 60.7 Å². The fraction of sp³-hybridized carbons (Fsp3) is 0.0682. The van der Waals surface area contributed by atoms with Crippen LogP contribution in [-0.4, -0.2) is 47.4 Å². The maximum atomic E-state index is 10.3. The molecule has 0 unspecified atom stereocenters. The van der Waals surface area contributed by atoms with Crippen molar-refractivity contribution in [3.8, 4) is 102 Å². The van der Waals surface area contributed by atoms with Crippen LogP contribution >= 0.6 is 11.6 Å². The van der Waals surface area contributed by atoms with Gasteiger partial charge in [-0.05, 0) is 104 Å². The zero-order chi connectivity index (χ0) is 68.3. The molecule has 1 saturated heterocycles. The van der Waals surface area contributed by atoms with Crippen molar-refractivity contribution < 1.29 is 9.31 Å². The summed E-state index contributed by atoms with van der Waals surface area (Å²) in [4.78, 5) is 18.6. The van der Waals surface area contributed by atoms with Crippen molar-refractivity contribution in [2.24, 2.45) is 0 Å². The highest BCUT2D eigenvalue weighted by Crippen LogP contribution is 2.40. The highest BCUT2D eigenvalue weighted by atomic mass is 35.5. The fourth-order valence-electron chi connectivity index (χ4n) is 13.0. The van der Waals surface area contributed by atoms with E-state index in [1.807, 2.05) is 133 Å². The minimum Gasteiger partial charge on any atom is -0.399 e. The number of hydrogen-bond acceptors (Lipinski definition) is 8. The molecule has 0 bridgehead atoms. The molecule has 100 heavy (non-hydrogen) atoms. The van der Waals surface area contributed by atoms with Crippen LogP contribution in [0, 0.1) is 22.7 Å². The number of aromatic nitrogens is 6. The molecule has 5 heterocycles. The molecule has 17 rings (SSSR count). The van der Waals surface area contributed by atoms with Crippen LogP contribution in [0.15, 0.2) is 315 Å². The summed E-state index contributed by atoms with van der Waals surface area (Å²) in [7, 11) is -0.336. The number of hydrogen-bond donors (Lipinski definition) is 0. The first-order valence-corrected chi connectivity index (χ1v) is 33.6. The first-order chi connectivity index (χ1) is 48.9. The molecule has 1 fully saturated rings. The number of nitrogens with zero attached hydrogens (tertiary/aromatic N) is 8. The van der Waals surface area contributed by atoms with Crippen molar-refractivity contribution in [3.05, 3.63) is 332 Å². The minimum atomic E-state index is -0.336. The number of fused-ring (bicyclic) bond motifs is 6. The van der Waals surface area contributed by atoms with Gasteiger partial charge in [0.15, 0.2) is 16.8 Å². The Morgan fingerprint density at radius 1 is 0.310 bits per heavy atom. The SMILES string of the molecule is CC1(C)OB(c2ccc(-c3ccc(-n4c5ccccc5c5ccccc54)cc3)cc2)OC1(C)C.N#Cc1c(-c2ccccc2)nc(-c2ccccc2)nc1-c1ccc(-c2ccc(-n3c4ccccc4c4ccccc43)cc2)cc1.N#Cc1c(Cl)nc(-c2ccccc2)nc1-c1ccccc1. The lowest BCUT2D eigenvalue weighted by Crippen LogP contribution is -2.41. The summed E-state index contributed by atoms with van der Waals surface area (Å²) in [6.07, 6.45) is 0. The Morgan fingerprint density at radius 3 is 0.930 bits per heavy atom. The Balaban J connectivity index is 0.000000130. The second kappa shape index (κ2) is 27.3. The van der Waals surface area contributed by atoms with Crippen molar-refractivity contribution in [2.75, 3.05) is 0 Å². The Labute approximate surface area is 586 Å². The molecular weight excluding hydrogens is 1250 g/mol. The van der Waals surface area contributed by atoms with Gasteiger partial charge in [0.05, 0.1) is 50.4 Å². The molecule has 0 spiro atoms. The molecule has 0 N–H and O–H groups in total. The van der Waals surface area contributed by atoms with Gasteiger partial charge in [0.1, 0.15) is 23.3 Å². The zero-order valence-corrected chi connectivity index (χ0v) is 56.1. The third-order valence-corrected chi connectivity index (χ3v) is 19.1. The van der Waals surface area contributed by atoms with Gasteiger partial charge >= 0.3 is 7.12 Å². The molecule has 4 aromatic heterocycles. The molecular formula is C88H64BClN8O2. The molecule has 0 amide bonds. The summed E-state index contributed by atoms with van der Waals surface area (Å²) in [5, 5.41) is 24.9. The van der Waals surface area contributed by atoms with E-state index < -0.39 is 0 Å². The Kier molecular flexibility index (Phi) is 17.4. The molecule has 478 valence electrons. The topological polar surface area (TPSA) is 127 Å². The van der Waals surface area contributed by atoms with Crippen molar-refractivity contribution in [1.82, 2.24) is 29.1 Å². The third-order valence-electron chi connectivity index (χ3n) is 18.8. The van der Waals surface area contributed by atoms with Gasteiger partial charge in [-0.3, -0.25) is 0 Å². The van der Waals surface area contributed by atoms with E-state index in [1.165, 1.54) is 54.7 Å². The predicted molar refractivity (Wildman–Crippen MR) is 407 cm³/mol. The Hall–Kier alpha value is -12.3. The lowest BCUT2D eigenvalue weighted by Gasteiger charge is -2.32. The van der Waals surface area contributed by atoms with Crippen LogP contribution in [0.1, 0.15) is 38.8 Å². The highest BCUT2D eigenvalue weighted by Gasteiger charge is 2.51. The van der Waals surface area contributed by atoms with E-state index in [-0.39, 0.29) is 23.5 Å². The summed E-state index contributed by atoms with van der Waals surface area (Å²) in [6.45, 7) is 8.33. The average molecular weight is 1310 g/mol. The van der Waals surface area contributed by atoms with Crippen molar-refractivity contribution in [3.63, 3.8) is 0 Å². The molecule has 12 aromatic carbocycles. The highest BCUT2D eigenvalue weighted by molar-refractivity contribution is 6.62. The number of halogens is 1. The standard InChI is InChI=1S/C41H26N4.C30H28BNO2.C17H10ClN3/c42-27-36-39(30-11-3-1-4-12-30)43-41(32-13-5-2-6-14-32)44-40(36)31-21-19-28(20-22-31)29-23-25-33(26-24-29)45-37-17-9-7-15-34(37)35-16-8-10-18-38(35)45;1-29(2)30(3,4)34-31(33-29)23-17-13-21(14-18-23)22-15-19-24(20-16-22)32-27-11-7-5-9-25(27)26-10-6-8-12-28(26)32;18-16-14(11-19)15(12-7-3-1-4-8-12)20-17(21-16)13-9-5-2-6-10-13/h1-26H;5-20H,1-4H3;1-10H. The smallest absolute Gasteiger partial charge is 0.399 e. The van der Waals surface area contributed by atoms with Crippen LogP contribution in [0.2, 0.25) is 5.15 Å². The van der Waals surface area contributed by atoms with Gasteiger partial charge in [-0.2, -0.15) is 10.5 Å². The van der Waals surface area contributed by atoms with Gasteiger partial charge in [-0.25, -0.2) is 19.9 Å². The number of rotatable bonds is 10. The zero-order valence-electron chi connectivity index (χ0n) is 55.4. The van der Waals surface area contributed by atoms with Crippen molar-refractivity contribution >= 4 is 67.8 Å². The summed E-state index contributed by atoms with van der Waals surface area (Å²) < 4.78 is 17.1. The summed E-state index contributed by atoms with van der Waals surface area (Å²) >= 11 is 6.16. The normalized spacial score (nSPS) is 12.9. The molecule has 1 aliphatic heterocycles. The van der Waals surface area contributed by atoms with Crippen molar-refractivity contribution in [1.29, 1.82) is 10.5 Å². The molecule has 16 aromatic rings. The van der Waals surface area contributed by atoms with E-state index in [4.69, 9.17) is 30.9 Å². The van der Waals surface area contributed by atoms with E-state index in [1.54, 1.807) is 0 Å². The van der Waals surface area contributed by atoms with E-state index in [0.29, 0.717) is 39.9 Å². The Morgan fingerprint density at radius 2 is 0.580 bits per heavy atom. The monoisotopic (exact) mass is 1310 g/mol. The molecule has 0 radical (unpaired) electrons. The fourth-order valence-corrected chi connectivity index (χ4v) is 13.2. The molecule has 1 aliphatic rings. The molecule has 0 saturated carbocycles. The van der Waals surface area contributed by atoms with Gasteiger partial charge < -0.3 is 18.4 Å². The van der Waals surface area contributed by atoms with Crippen LogP contribution in [0.25, 0.3) is 134 Å². The van der Waals surface area contributed by atoms with Crippen LogP contribution in [-0.2, 0) is 9.31 Å². The molecule has 10 nitrogen and oxygen atoms in total. The van der Waals surface area contributed by atoms with Crippen LogP contribution < -0.4 is 5.46 Å². The van der Waals surface area contributed by atoms with Crippen LogP contribution in [0.3, 0.4) is 0 Å². The maximum absolute atomic E-state index is 10.3. The minimum absolute atomic E-state index is 0.171. The number of benzene rings is 12. The lowest BCUT2D eigenvalue weighted by molar-refractivity contribution is 0.00578. The first kappa shape index (κ1) is 63.7. The molecule has 12 heteroatoms. The van der Waals surface area contributed by atoms with E-state index in [9.17, 15) is 10.5 Å². The van der Waals surface area contributed by atoms with E-state index in [2.05, 4.69) is 241 Å². The van der Waals surface area contributed by atoms with Crippen LogP contribution in [0.4, 0.5) is 0 Å². The van der Waals surface area contributed by atoms with Gasteiger partial charge in [0.2, 0.25) is 0 Å². The third kappa shape index (κ3) is 12.4. The number of para-hydroxylation sites is 4. The predicted octanol–water partition coefficient (Wildman–Crippen LogP) is 21.2. The van der Waals surface area contributed by atoms with Gasteiger partial charge in [0.25, 0.3) is 0 Å². The maximum Gasteiger partial charge on any atom is 0.494 e. The summed E-state index contributed by atoms with van der Waals surface area (Å²) in [5.41, 5.74) is 19.0. The molecule has 0 aliphatic carbocycles. The Bertz CT molecular complexity index is 5610. The summed E-state index contributed by atoms with van der Waals surface area (Å²) in [6, 6.07) is 112. The lowest BCUT2D eigenvalue weighted by atomic mass is 9.78. The van der Waals surface area contributed by atoms with E-state index >= 15 is 0 Å². The quantitative estimate of drug-likeness (QED) is 0.0978. The summed E-state index contributed by atoms with van der Waals surface area (Å²) in [5.74, 6) is 1.10. The van der Waals surface area contributed by atoms with E-state index in [0.717, 1.165) is 55.8 Å². The van der Waals surface area contributed by atoms with Crippen molar-refractivity contribution in [2.45, 2.75) is 38.9 Å². The van der Waals surface area contributed by atoms with Crippen LogP contribution in [0.5, 0.6) is 0 Å². The van der Waals surface area contributed by atoms with Gasteiger partial charge in [-0.1, -0.05) is 279 Å².